The number of imidazole rings is 1. The van der Waals surface area contributed by atoms with Crippen LogP contribution in [0, 0.1) is 11.3 Å². The largest absolute Gasteiger partial charge is 0.367 e. The van der Waals surface area contributed by atoms with Gasteiger partial charge in [-0.1, -0.05) is 0 Å². The SMILES string of the molecule is CN(C)[C@H]1CN(c2ccc(-n3cnc(Nc4cnc(C#N)cn4)c3)cc2)C[C@@H]1F. The lowest BCUT2D eigenvalue weighted by Crippen LogP contribution is -2.36. The number of hydrogen-bond donors (Lipinski definition) is 1. The van der Waals surface area contributed by atoms with Crippen LogP contribution in [-0.4, -0.2) is 63.8 Å². The van der Waals surface area contributed by atoms with E-state index in [2.05, 4.69) is 25.2 Å². The lowest BCUT2D eigenvalue weighted by atomic mass is 10.2. The van der Waals surface area contributed by atoms with Crippen molar-refractivity contribution < 1.29 is 4.39 Å². The minimum absolute atomic E-state index is 0.0812. The van der Waals surface area contributed by atoms with Crippen LogP contribution in [0.15, 0.2) is 49.2 Å². The van der Waals surface area contributed by atoms with Crippen molar-refractivity contribution in [2.24, 2.45) is 0 Å². The minimum atomic E-state index is -0.850. The van der Waals surface area contributed by atoms with Gasteiger partial charge in [0, 0.05) is 17.9 Å². The van der Waals surface area contributed by atoms with E-state index in [-0.39, 0.29) is 11.7 Å². The van der Waals surface area contributed by atoms with Crippen molar-refractivity contribution in [3.63, 3.8) is 0 Å². The Morgan fingerprint density at radius 2 is 1.83 bits per heavy atom. The number of rotatable bonds is 5. The number of likely N-dealkylation sites (N-methyl/N-ethyl adjacent to an activating group) is 1. The summed E-state index contributed by atoms with van der Waals surface area (Å²) in [5, 5.41) is 11.8. The van der Waals surface area contributed by atoms with E-state index in [4.69, 9.17) is 5.26 Å². The van der Waals surface area contributed by atoms with Gasteiger partial charge in [-0.2, -0.15) is 5.26 Å². The molecule has 1 aromatic carbocycles. The molecule has 1 aliphatic heterocycles. The maximum absolute atomic E-state index is 14.2. The Kier molecular flexibility index (Phi) is 5.10. The van der Waals surface area contributed by atoms with Gasteiger partial charge in [-0.05, 0) is 38.4 Å². The van der Waals surface area contributed by atoms with Crippen molar-refractivity contribution in [1.82, 2.24) is 24.4 Å². The van der Waals surface area contributed by atoms with E-state index in [0.29, 0.717) is 24.7 Å². The van der Waals surface area contributed by atoms with Gasteiger partial charge in [-0.25, -0.2) is 19.3 Å². The van der Waals surface area contributed by atoms with Gasteiger partial charge >= 0.3 is 0 Å². The summed E-state index contributed by atoms with van der Waals surface area (Å²) in [5.74, 6) is 1.12. The normalized spacial score (nSPS) is 18.8. The summed E-state index contributed by atoms with van der Waals surface area (Å²) in [7, 11) is 3.83. The highest BCUT2D eigenvalue weighted by Crippen LogP contribution is 2.25. The van der Waals surface area contributed by atoms with Crippen LogP contribution in [0.25, 0.3) is 5.69 Å². The smallest absolute Gasteiger partial charge is 0.158 e. The Morgan fingerprint density at radius 1 is 1.07 bits per heavy atom. The Labute approximate surface area is 168 Å². The molecule has 3 heterocycles. The van der Waals surface area contributed by atoms with E-state index in [9.17, 15) is 4.39 Å². The molecular formula is C20H21FN8. The van der Waals surface area contributed by atoms with Gasteiger partial charge in [0.15, 0.2) is 5.69 Å². The number of nitrogens with one attached hydrogen (secondary N) is 1. The lowest BCUT2D eigenvalue weighted by molar-refractivity contribution is 0.202. The van der Waals surface area contributed by atoms with E-state index in [0.717, 1.165) is 11.4 Å². The van der Waals surface area contributed by atoms with Gasteiger partial charge in [-0.15, -0.1) is 0 Å². The third-order valence-electron chi connectivity index (χ3n) is 5.00. The van der Waals surface area contributed by atoms with Crippen LogP contribution in [0.3, 0.4) is 0 Å². The predicted molar refractivity (Wildman–Crippen MR) is 108 cm³/mol. The van der Waals surface area contributed by atoms with Crippen molar-refractivity contribution in [2.45, 2.75) is 12.2 Å². The van der Waals surface area contributed by atoms with Crippen LogP contribution in [0.5, 0.6) is 0 Å². The molecule has 0 unspecified atom stereocenters. The van der Waals surface area contributed by atoms with E-state index in [1.165, 1.54) is 12.4 Å². The van der Waals surface area contributed by atoms with Crippen LogP contribution in [0.2, 0.25) is 0 Å². The van der Waals surface area contributed by atoms with Crippen LogP contribution in [-0.2, 0) is 0 Å². The van der Waals surface area contributed by atoms with Crippen molar-refractivity contribution >= 4 is 17.3 Å². The van der Waals surface area contributed by atoms with Crippen molar-refractivity contribution in [2.75, 3.05) is 37.4 Å². The van der Waals surface area contributed by atoms with Crippen LogP contribution in [0.4, 0.5) is 21.7 Å². The summed E-state index contributed by atoms with van der Waals surface area (Å²) in [4.78, 5) is 16.4. The molecule has 4 rings (SSSR count). The highest BCUT2D eigenvalue weighted by Gasteiger charge is 2.34. The number of alkyl halides is 1. The fraction of sp³-hybridized carbons (Fsp3) is 0.300. The molecule has 1 N–H and O–H groups in total. The molecule has 0 aliphatic carbocycles. The molecule has 0 bridgehead atoms. The number of aromatic nitrogens is 4. The van der Waals surface area contributed by atoms with E-state index < -0.39 is 6.17 Å². The quantitative estimate of drug-likeness (QED) is 0.713. The number of hydrogen-bond acceptors (Lipinski definition) is 7. The summed E-state index contributed by atoms with van der Waals surface area (Å²) >= 11 is 0. The van der Waals surface area contributed by atoms with Gasteiger partial charge in [0.05, 0.1) is 31.2 Å². The number of benzene rings is 1. The van der Waals surface area contributed by atoms with Gasteiger partial charge in [-0.3, -0.25) is 0 Å². The summed E-state index contributed by atoms with van der Waals surface area (Å²) in [6, 6.07) is 9.82. The first-order valence-electron chi connectivity index (χ1n) is 9.22. The van der Waals surface area contributed by atoms with Crippen molar-refractivity contribution in [3.8, 4) is 11.8 Å². The second-order valence-corrected chi connectivity index (χ2v) is 7.16. The standard InChI is InChI=1S/C20H21FN8/c1-27(2)18-11-28(10-17(18)21)15-3-5-16(6-4-15)29-12-20(25-13-29)26-19-9-23-14(7-22)8-24-19/h3-6,8-9,12-13,17-18H,10-11H2,1-2H3,(H,24,26)/t17-,18-/m0/s1. The molecule has 1 saturated heterocycles. The third-order valence-corrected chi connectivity index (χ3v) is 5.00. The zero-order chi connectivity index (χ0) is 20.4. The molecule has 2 atom stereocenters. The number of nitrogens with zero attached hydrogens (tertiary/aromatic N) is 7. The highest BCUT2D eigenvalue weighted by molar-refractivity contribution is 5.54. The number of nitriles is 1. The average Bonchev–Trinajstić information content (AvgIpc) is 3.35. The van der Waals surface area contributed by atoms with Gasteiger partial charge in [0.2, 0.25) is 0 Å². The third kappa shape index (κ3) is 4.02. The Bertz CT molecular complexity index is 1010. The first kappa shape index (κ1) is 18.8. The first-order valence-corrected chi connectivity index (χ1v) is 9.22. The number of halogens is 1. The monoisotopic (exact) mass is 392 g/mol. The highest BCUT2D eigenvalue weighted by atomic mass is 19.1. The molecule has 1 fully saturated rings. The zero-order valence-electron chi connectivity index (χ0n) is 16.2. The predicted octanol–water partition coefficient (Wildman–Crippen LogP) is 2.37. The molecule has 9 heteroatoms. The number of anilines is 3. The minimum Gasteiger partial charge on any atom is -0.367 e. The molecule has 0 spiro atoms. The van der Waals surface area contributed by atoms with Crippen molar-refractivity contribution in [1.29, 1.82) is 5.26 Å². The van der Waals surface area contributed by atoms with Gasteiger partial charge in [0.25, 0.3) is 0 Å². The fourth-order valence-electron chi connectivity index (χ4n) is 3.39. The second-order valence-electron chi connectivity index (χ2n) is 7.16. The molecule has 8 nitrogen and oxygen atoms in total. The lowest BCUT2D eigenvalue weighted by Gasteiger charge is -2.21. The second kappa shape index (κ2) is 7.85. The molecule has 148 valence electrons. The first-order chi connectivity index (χ1) is 14.0. The van der Waals surface area contributed by atoms with E-state index in [1.54, 1.807) is 6.33 Å². The maximum Gasteiger partial charge on any atom is 0.158 e. The van der Waals surface area contributed by atoms with Gasteiger partial charge < -0.3 is 19.7 Å². The van der Waals surface area contributed by atoms with Crippen LogP contribution < -0.4 is 10.2 Å². The fourth-order valence-corrected chi connectivity index (χ4v) is 3.39. The Morgan fingerprint density at radius 3 is 2.45 bits per heavy atom. The maximum atomic E-state index is 14.2. The Hall–Kier alpha value is -3.51. The topological polar surface area (TPSA) is 85.9 Å². The summed E-state index contributed by atoms with van der Waals surface area (Å²) in [5.41, 5.74) is 2.21. The summed E-state index contributed by atoms with van der Waals surface area (Å²) < 4.78 is 16.1. The summed E-state index contributed by atoms with van der Waals surface area (Å²) in [6.07, 6.45) is 5.58. The molecular weight excluding hydrogens is 371 g/mol. The van der Waals surface area contributed by atoms with E-state index >= 15 is 0 Å². The average molecular weight is 392 g/mol. The van der Waals surface area contributed by atoms with Crippen LogP contribution in [0.1, 0.15) is 5.69 Å². The van der Waals surface area contributed by atoms with Crippen molar-refractivity contribution in [3.05, 3.63) is 54.9 Å². The van der Waals surface area contributed by atoms with E-state index in [1.807, 2.05) is 60.1 Å². The van der Waals surface area contributed by atoms with Gasteiger partial charge in [0.1, 0.15) is 30.2 Å². The zero-order valence-corrected chi connectivity index (χ0v) is 16.2. The summed E-state index contributed by atoms with van der Waals surface area (Å²) in [6.45, 7) is 1.09. The van der Waals surface area contributed by atoms with Crippen LogP contribution >= 0.6 is 0 Å². The molecule has 2 aromatic heterocycles. The molecule has 29 heavy (non-hydrogen) atoms. The Balaban J connectivity index is 1.44. The molecule has 1 aliphatic rings. The molecule has 3 aromatic rings. The molecule has 0 radical (unpaired) electrons. The molecule has 0 saturated carbocycles. The molecule has 0 amide bonds.